The van der Waals surface area contributed by atoms with E-state index >= 15 is 0 Å². The van der Waals surface area contributed by atoms with Gasteiger partial charge in [0.25, 0.3) is 5.69 Å². The van der Waals surface area contributed by atoms with E-state index in [-0.39, 0.29) is 17.3 Å². The van der Waals surface area contributed by atoms with Gasteiger partial charge in [0.2, 0.25) is 0 Å². The van der Waals surface area contributed by atoms with Crippen LogP contribution in [0.3, 0.4) is 0 Å². The Bertz CT molecular complexity index is 519. The predicted molar refractivity (Wildman–Crippen MR) is 74.5 cm³/mol. The molecular weight excluding hydrogens is 246 g/mol. The van der Waals surface area contributed by atoms with Gasteiger partial charge in [0.15, 0.2) is 0 Å². The van der Waals surface area contributed by atoms with Crippen molar-refractivity contribution in [1.29, 1.82) is 0 Å². The average molecular weight is 265 g/mol. The van der Waals surface area contributed by atoms with E-state index in [0.717, 1.165) is 5.56 Å². The second kappa shape index (κ2) is 5.26. The van der Waals surface area contributed by atoms with Gasteiger partial charge >= 0.3 is 6.03 Å². The van der Waals surface area contributed by atoms with Gasteiger partial charge < -0.3 is 10.6 Å². The number of nitro groups is 1. The molecule has 19 heavy (non-hydrogen) atoms. The van der Waals surface area contributed by atoms with Crippen molar-refractivity contribution in [3.63, 3.8) is 0 Å². The monoisotopic (exact) mass is 265 g/mol. The lowest BCUT2D eigenvalue weighted by atomic mass is 10.1. The number of hydrogen-bond donors (Lipinski definition) is 2. The molecule has 0 atom stereocenters. The van der Waals surface area contributed by atoms with Crippen molar-refractivity contribution in [3.05, 3.63) is 33.4 Å². The topological polar surface area (TPSA) is 84.3 Å². The summed E-state index contributed by atoms with van der Waals surface area (Å²) in [7, 11) is 0. The summed E-state index contributed by atoms with van der Waals surface area (Å²) in [6.45, 7) is 9.00. The highest BCUT2D eigenvalue weighted by molar-refractivity contribution is 5.92. The maximum Gasteiger partial charge on any atom is 0.319 e. The Balaban J connectivity index is 3.04. The summed E-state index contributed by atoms with van der Waals surface area (Å²) in [4.78, 5) is 22.2. The van der Waals surface area contributed by atoms with E-state index in [1.54, 1.807) is 19.9 Å². The molecule has 0 aliphatic rings. The minimum absolute atomic E-state index is 0.00309. The summed E-state index contributed by atoms with van der Waals surface area (Å²) in [5, 5.41) is 16.3. The number of benzene rings is 1. The Morgan fingerprint density at radius 2 is 1.84 bits per heavy atom. The molecular formula is C13H19N3O3. The van der Waals surface area contributed by atoms with Crippen molar-refractivity contribution in [3.8, 4) is 0 Å². The van der Waals surface area contributed by atoms with Crippen LogP contribution in [-0.4, -0.2) is 16.5 Å². The molecule has 1 aromatic rings. The molecule has 6 heteroatoms. The van der Waals surface area contributed by atoms with Gasteiger partial charge in [-0.3, -0.25) is 10.1 Å². The normalized spacial score (nSPS) is 11.0. The van der Waals surface area contributed by atoms with Crippen LogP contribution in [0, 0.1) is 24.0 Å². The summed E-state index contributed by atoms with van der Waals surface area (Å²) < 4.78 is 0. The summed E-state index contributed by atoms with van der Waals surface area (Å²) in [6, 6.07) is 2.69. The van der Waals surface area contributed by atoms with Gasteiger partial charge in [-0.05, 0) is 40.2 Å². The van der Waals surface area contributed by atoms with Crippen molar-refractivity contribution in [1.82, 2.24) is 5.32 Å². The van der Waals surface area contributed by atoms with Crippen LogP contribution in [0.1, 0.15) is 31.9 Å². The van der Waals surface area contributed by atoms with Crippen LogP contribution in [0.5, 0.6) is 0 Å². The number of amides is 2. The van der Waals surface area contributed by atoms with E-state index in [2.05, 4.69) is 10.6 Å². The zero-order chi connectivity index (χ0) is 14.8. The minimum Gasteiger partial charge on any atom is -0.333 e. The number of nitro benzene ring substituents is 1. The number of nitrogens with one attached hydrogen (secondary N) is 2. The summed E-state index contributed by atoms with van der Waals surface area (Å²) in [5.41, 5.74) is 1.35. The second-order valence-electron chi connectivity index (χ2n) is 5.49. The van der Waals surface area contributed by atoms with Crippen LogP contribution < -0.4 is 10.6 Å². The van der Waals surface area contributed by atoms with Gasteiger partial charge in [0.1, 0.15) is 0 Å². The first-order valence-electron chi connectivity index (χ1n) is 5.95. The van der Waals surface area contributed by atoms with Gasteiger partial charge in [-0.25, -0.2) is 4.79 Å². The third-order valence-corrected chi connectivity index (χ3v) is 2.57. The number of nitrogens with zero attached hydrogens (tertiary/aromatic N) is 1. The lowest BCUT2D eigenvalue weighted by molar-refractivity contribution is -0.385. The third-order valence-electron chi connectivity index (χ3n) is 2.57. The molecule has 0 spiro atoms. The molecule has 2 amide bonds. The van der Waals surface area contributed by atoms with Gasteiger partial charge in [-0.15, -0.1) is 0 Å². The highest BCUT2D eigenvalue weighted by Crippen LogP contribution is 2.28. The SMILES string of the molecule is Cc1ccc([N+](=O)[O-])c(C)c1NC(=O)NC(C)(C)C. The molecule has 6 nitrogen and oxygen atoms in total. The molecule has 0 bridgehead atoms. The lowest BCUT2D eigenvalue weighted by Gasteiger charge is -2.21. The Hall–Kier alpha value is -2.11. The molecule has 0 aliphatic carbocycles. The molecule has 1 rings (SSSR count). The third kappa shape index (κ3) is 3.94. The number of carbonyl (C=O) groups is 1. The van der Waals surface area contributed by atoms with E-state index in [0.29, 0.717) is 11.3 Å². The van der Waals surface area contributed by atoms with E-state index < -0.39 is 4.92 Å². The molecule has 0 aromatic heterocycles. The van der Waals surface area contributed by atoms with Crippen LogP contribution in [-0.2, 0) is 0 Å². The first-order valence-corrected chi connectivity index (χ1v) is 5.95. The Kier molecular flexibility index (Phi) is 4.14. The first kappa shape index (κ1) is 14.9. The highest BCUT2D eigenvalue weighted by Gasteiger charge is 2.19. The van der Waals surface area contributed by atoms with Gasteiger partial charge in [-0.2, -0.15) is 0 Å². The number of rotatable bonds is 2. The van der Waals surface area contributed by atoms with Gasteiger partial charge in [-0.1, -0.05) is 6.07 Å². The van der Waals surface area contributed by atoms with Crippen molar-refractivity contribution < 1.29 is 9.72 Å². The molecule has 0 saturated carbocycles. The molecule has 104 valence electrons. The van der Waals surface area contributed by atoms with E-state index in [4.69, 9.17) is 0 Å². The smallest absolute Gasteiger partial charge is 0.319 e. The van der Waals surface area contributed by atoms with Crippen LogP contribution in [0.2, 0.25) is 0 Å². The maximum absolute atomic E-state index is 11.8. The van der Waals surface area contributed by atoms with E-state index in [1.165, 1.54) is 6.07 Å². The van der Waals surface area contributed by atoms with Gasteiger partial charge in [0, 0.05) is 11.6 Å². The Morgan fingerprint density at radius 1 is 1.26 bits per heavy atom. The van der Waals surface area contributed by atoms with Crippen LogP contribution >= 0.6 is 0 Å². The fourth-order valence-electron chi connectivity index (χ4n) is 1.71. The number of hydrogen-bond acceptors (Lipinski definition) is 3. The predicted octanol–water partition coefficient (Wildman–Crippen LogP) is 3.13. The van der Waals surface area contributed by atoms with Gasteiger partial charge in [0.05, 0.1) is 16.2 Å². The molecule has 2 N–H and O–H groups in total. The largest absolute Gasteiger partial charge is 0.333 e. The lowest BCUT2D eigenvalue weighted by Crippen LogP contribution is -2.43. The second-order valence-corrected chi connectivity index (χ2v) is 5.49. The quantitative estimate of drug-likeness (QED) is 0.636. The van der Waals surface area contributed by atoms with E-state index in [1.807, 2.05) is 20.8 Å². The van der Waals surface area contributed by atoms with Crippen LogP contribution in [0.15, 0.2) is 12.1 Å². The van der Waals surface area contributed by atoms with Crippen molar-refractivity contribution >= 4 is 17.4 Å². The van der Waals surface area contributed by atoms with Crippen LogP contribution in [0.4, 0.5) is 16.2 Å². The number of aryl methyl sites for hydroxylation is 1. The summed E-state index contributed by atoms with van der Waals surface area (Å²) >= 11 is 0. The molecule has 0 saturated heterocycles. The number of anilines is 1. The zero-order valence-electron chi connectivity index (χ0n) is 11.8. The van der Waals surface area contributed by atoms with Crippen molar-refractivity contribution in [2.75, 3.05) is 5.32 Å². The van der Waals surface area contributed by atoms with Crippen molar-refractivity contribution in [2.45, 2.75) is 40.2 Å². The molecule has 0 fully saturated rings. The Morgan fingerprint density at radius 3 is 2.32 bits per heavy atom. The minimum atomic E-state index is -0.457. The van der Waals surface area contributed by atoms with Crippen LogP contribution in [0.25, 0.3) is 0 Å². The number of urea groups is 1. The van der Waals surface area contributed by atoms with Crippen molar-refractivity contribution in [2.24, 2.45) is 0 Å². The Labute approximate surface area is 112 Å². The van der Waals surface area contributed by atoms with E-state index in [9.17, 15) is 14.9 Å². The fourth-order valence-corrected chi connectivity index (χ4v) is 1.71. The number of carbonyl (C=O) groups excluding carboxylic acids is 1. The average Bonchev–Trinajstić information content (AvgIpc) is 2.21. The molecule has 0 radical (unpaired) electrons. The molecule has 0 unspecified atom stereocenters. The molecule has 1 aromatic carbocycles. The summed E-state index contributed by atoms with van der Waals surface area (Å²) in [5.74, 6) is 0. The molecule has 0 aliphatic heterocycles. The zero-order valence-corrected chi connectivity index (χ0v) is 11.8. The summed E-state index contributed by atoms with van der Waals surface area (Å²) in [6.07, 6.45) is 0. The standard InChI is InChI=1S/C13H19N3O3/c1-8-6-7-10(16(18)19)9(2)11(8)14-12(17)15-13(3,4)5/h6-7H,1-5H3,(H2,14,15,17). The fraction of sp³-hybridized carbons (Fsp3) is 0.462. The maximum atomic E-state index is 11.8. The highest BCUT2D eigenvalue weighted by atomic mass is 16.6. The molecule has 0 heterocycles. The first-order chi connectivity index (χ1) is 8.61.